The molecule has 1 atom stereocenters. The van der Waals surface area contributed by atoms with Gasteiger partial charge in [0.15, 0.2) is 0 Å². The predicted molar refractivity (Wildman–Crippen MR) is 67.2 cm³/mol. The van der Waals surface area contributed by atoms with E-state index in [9.17, 15) is 4.91 Å². The van der Waals surface area contributed by atoms with E-state index in [1.165, 1.54) is 0 Å². The molecule has 0 bridgehead atoms. The Morgan fingerprint density at radius 1 is 0.941 bits per heavy atom. The molecule has 17 heavy (non-hydrogen) atoms. The number of para-hydroxylation sites is 1. The van der Waals surface area contributed by atoms with Gasteiger partial charge in [-0.15, -0.1) is 0 Å². The van der Waals surface area contributed by atoms with Gasteiger partial charge in [-0.05, 0) is 36.8 Å². The minimum atomic E-state index is -0.319. The summed E-state index contributed by atoms with van der Waals surface area (Å²) in [5.74, 6) is 1.54. The molecule has 0 aliphatic rings. The van der Waals surface area contributed by atoms with Gasteiger partial charge >= 0.3 is 0 Å². The molecule has 0 saturated heterocycles. The summed E-state index contributed by atoms with van der Waals surface area (Å²) in [5, 5.41) is 2.98. The van der Waals surface area contributed by atoms with Gasteiger partial charge in [-0.3, -0.25) is 0 Å². The van der Waals surface area contributed by atoms with Crippen LogP contribution in [0.25, 0.3) is 0 Å². The number of rotatable bonds is 4. The summed E-state index contributed by atoms with van der Waals surface area (Å²) >= 11 is 0. The van der Waals surface area contributed by atoms with Gasteiger partial charge in [0.2, 0.25) is 0 Å². The summed E-state index contributed by atoms with van der Waals surface area (Å²) in [6, 6.07) is 16.6. The van der Waals surface area contributed by atoms with E-state index < -0.39 is 0 Å². The summed E-state index contributed by atoms with van der Waals surface area (Å²) in [4.78, 5) is 10.4. The van der Waals surface area contributed by atoms with Crippen molar-refractivity contribution in [2.75, 3.05) is 0 Å². The molecule has 3 nitrogen and oxygen atoms in total. The van der Waals surface area contributed by atoms with Gasteiger partial charge in [0, 0.05) is 0 Å². The molecular formula is C14H13NO2. The Labute approximate surface area is 100 Å². The first-order valence-corrected chi connectivity index (χ1v) is 5.45. The topological polar surface area (TPSA) is 38.7 Å². The lowest BCUT2D eigenvalue weighted by Crippen LogP contribution is -1.89. The lowest BCUT2D eigenvalue weighted by molar-refractivity contribution is 0.482. The molecular weight excluding hydrogens is 214 g/mol. The van der Waals surface area contributed by atoms with Crippen LogP contribution in [0, 0.1) is 4.91 Å². The van der Waals surface area contributed by atoms with E-state index in [0.29, 0.717) is 0 Å². The molecule has 0 aliphatic heterocycles. The van der Waals surface area contributed by atoms with Crippen molar-refractivity contribution in [1.82, 2.24) is 0 Å². The Morgan fingerprint density at radius 3 is 2.12 bits per heavy atom. The highest BCUT2D eigenvalue weighted by Gasteiger charge is 2.04. The average molecular weight is 227 g/mol. The molecule has 0 radical (unpaired) electrons. The molecule has 0 N–H and O–H groups in total. The van der Waals surface area contributed by atoms with E-state index in [-0.39, 0.29) is 6.04 Å². The van der Waals surface area contributed by atoms with E-state index in [2.05, 4.69) is 5.18 Å². The van der Waals surface area contributed by atoms with Crippen LogP contribution in [0.3, 0.4) is 0 Å². The number of ether oxygens (including phenoxy) is 1. The predicted octanol–water partition coefficient (Wildman–Crippen LogP) is 4.31. The zero-order valence-electron chi connectivity index (χ0n) is 9.54. The van der Waals surface area contributed by atoms with Crippen molar-refractivity contribution in [3.63, 3.8) is 0 Å². The van der Waals surface area contributed by atoms with Crippen molar-refractivity contribution in [2.24, 2.45) is 5.18 Å². The van der Waals surface area contributed by atoms with Crippen LogP contribution in [0.5, 0.6) is 11.5 Å². The minimum Gasteiger partial charge on any atom is -0.457 e. The second-order valence-corrected chi connectivity index (χ2v) is 3.77. The molecule has 2 aromatic rings. The van der Waals surface area contributed by atoms with Crippen LogP contribution in [0.15, 0.2) is 59.8 Å². The van der Waals surface area contributed by atoms with Gasteiger partial charge in [0.25, 0.3) is 0 Å². The standard InChI is InChI=1S/C14H13NO2/c1-11(15-16)12-7-9-14(10-8-12)17-13-5-3-2-4-6-13/h2-11H,1H3. The Bertz CT molecular complexity index is 479. The molecule has 0 fully saturated rings. The number of hydrogen-bond donors (Lipinski definition) is 0. The van der Waals surface area contributed by atoms with Gasteiger partial charge in [-0.2, -0.15) is 4.91 Å². The van der Waals surface area contributed by atoms with Crippen LogP contribution in [0.2, 0.25) is 0 Å². The highest BCUT2D eigenvalue weighted by molar-refractivity contribution is 5.33. The fraction of sp³-hybridized carbons (Fsp3) is 0.143. The van der Waals surface area contributed by atoms with Gasteiger partial charge in [-0.25, -0.2) is 0 Å². The summed E-state index contributed by atoms with van der Waals surface area (Å²) in [7, 11) is 0. The molecule has 86 valence electrons. The Balaban J connectivity index is 2.11. The van der Waals surface area contributed by atoms with Crippen LogP contribution in [0.4, 0.5) is 0 Å². The van der Waals surface area contributed by atoms with Crippen LogP contribution in [-0.4, -0.2) is 0 Å². The van der Waals surface area contributed by atoms with Crippen molar-refractivity contribution in [1.29, 1.82) is 0 Å². The Hall–Kier alpha value is -2.16. The molecule has 0 heterocycles. The van der Waals surface area contributed by atoms with Crippen LogP contribution in [0.1, 0.15) is 18.5 Å². The number of benzene rings is 2. The summed E-state index contributed by atoms with van der Waals surface area (Å²) in [6.45, 7) is 1.76. The van der Waals surface area contributed by atoms with Gasteiger partial charge in [-0.1, -0.05) is 35.5 Å². The zero-order valence-corrected chi connectivity index (χ0v) is 9.54. The maximum absolute atomic E-state index is 10.4. The molecule has 0 saturated carbocycles. The van der Waals surface area contributed by atoms with E-state index in [1.807, 2.05) is 54.6 Å². The SMILES string of the molecule is CC(N=O)c1ccc(Oc2ccccc2)cc1. The van der Waals surface area contributed by atoms with Gasteiger partial charge in [0.05, 0.1) is 0 Å². The maximum Gasteiger partial charge on any atom is 0.127 e. The van der Waals surface area contributed by atoms with Crippen molar-refractivity contribution < 1.29 is 4.74 Å². The molecule has 1 unspecified atom stereocenters. The van der Waals surface area contributed by atoms with Gasteiger partial charge in [0.1, 0.15) is 17.5 Å². The Morgan fingerprint density at radius 2 is 1.53 bits per heavy atom. The fourth-order valence-corrected chi connectivity index (χ4v) is 1.50. The molecule has 3 heteroatoms. The number of hydrogen-bond acceptors (Lipinski definition) is 3. The van der Waals surface area contributed by atoms with Crippen molar-refractivity contribution >= 4 is 0 Å². The third-order valence-electron chi connectivity index (χ3n) is 2.50. The normalized spacial score (nSPS) is 11.8. The van der Waals surface area contributed by atoms with E-state index >= 15 is 0 Å². The third-order valence-corrected chi connectivity index (χ3v) is 2.50. The zero-order chi connectivity index (χ0) is 12.1. The second-order valence-electron chi connectivity index (χ2n) is 3.77. The summed E-state index contributed by atoms with van der Waals surface area (Å²) in [5.41, 5.74) is 0.889. The van der Waals surface area contributed by atoms with Crippen molar-refractivity contribution in [3.05, 3.63) is 65.1 Å². The highest BCUT2D eigenvalue weighted by Crippen LogP contribution is 2.24. The van der Waals surface area contributed by atoms with Crippen LogP contribution >= 0.6 is 0 Å². The fourth-order valence-electron chi connectivity index (χ4n) is 1.50. The molecule has 0 aromatic heterocycles. The quantitative estimate of drug-likeness (QED) is 0.730. The lowest BCUT2D eigenvalue weighted by atomic mass is 10.1. The molecule has 2 aromatic carbocycles. The minimum absolute atomic E-state index is 0.319. The number of nitrogens with zero attached hydrogens (tertiary/aromatic N) is 1. The van der Waals surface area contributed by atoms with Crippen LogP contribution < -0.4 is 4.74 Å². The second kappa shape index (κ2) is 5.25. The molecule has 2 rings (SSSR count). The van der Waals surface area contributed by atoms with E-state index in [1.54, 1.807) is 6.92 Å². The monoisotopic (exact) mass is 227 g/mol. The average Bonchev–Trinajstić information content (AvgIpc) is 2.40. The van der Waals surface area contributed by atoms with E-state index in [4.69, 9.17) is 4.74 Å². The first kappa shape index (κ1) is 11.3. The molecule has 0 aliphatic carbocycles. The molecule has 0 spiro atoms. The lowest BCUT2D eigenvalue weighted by Gasteiger charge is -2.07. The smallest absolute Gasteiger partial charge is 0.127 e. The van der Waals surface area contributed by atoms with Crippen molar-refractivity contribution in [3.8, 4) is 11.5 Å². The third kappa shape index (κ3) is 2.91. The number of nitroso groups, excluding NO2 is 1. The summed E-state index contributed by atoms with van der Waals surface area (Å²) in [6.07, 6.45) is 0. The highest BCUT2D eigenvalue weighted by atomic mass is 16.5. The van der Waals surface area contributed by atoms with Crippen molar-refractivity contribution in [2.45, 2.75) is 13.0 Å². The first-order chi connectivity index (χ1) is 8.29. The molecule has 0 amide bonds. The van der Waals surface area contributed by atoms with Crippen LogP contribution in [-0.2, 0) is 0 Å². The van der Waals surface area contributed by atoms with E-state index in [0.717, 1.165) is 17.1 Å². The first-order valence-electron chi connectivity index (χ1n) is 5.45. The maximum atomic E-state index is 10.4. The summed E-state index contributed by atoms with van der Waals surface area (Å²) < 4.78 is 5.64. The Kier molecular flexibility index (Phi) is 3.50. The largest absolute Gasteiger partial charge is 0.457 e. The van der Waals surface area contributed by atoms with Gasteiger partial charge < -0.3 is 4.74 Å².